The standard InChI is InChI=1S/C10H6F2N2O3/c1-16-10(15)9-13-8(14-17-9)5-3-2-4-6(11)7(5)12/h2-4H,1H3. The Balaban J connectivity index is 2.44. The molecule has 0 N–H and O–H groups in total. The summed E-state index contributed by atoms with van der Waals surface area (Å²) in [5, 5.41) is 3.36. The summed E-state index contributed by atoms with van der Waals surface area (Å²) in [6, 6.07) is 3.52. The number of esters is 1. The van der Waals surface area contributed by atoms with Crippen molar-refractivity contribution in [3.05, 3.63) is 35.7 Å². The molecule has 0 atom stereocenters. The lowest BCUT2D eigenvalue weighted by Crippen LogP contribution is -2.01. The van der Waals surface area contributed by atoms with E-state index in [4.69, 9.17) is 0 Å². The number of methoxy groups -OCH3 is 1. The summed E-state index contributed by atoms with van der Waals surface area (Å²) < 4.78 is 35.2. The lowest BCUT2D eigenvalue weighted by Gasteiger charge is -1.97. The maximum atomic E-state index is 13.4. The zero-order valence-corrected chi connectivity index (χ0v) is 8.61. The van der Waals surface area contributed by atoms with E-state index in [2.05, 4.69) is 19.4 Å². The predicted molar refractivity (Wildman–Crippen MR) is 51.0 cm³/mol. The number of benzene rings is 1. The topological polar surface area (TPSA) is 65.2 Å². The number of carbonyl (C=O) groups excluding carboxylic acids is 1. The van der Waals surface area contributed by atoms with E-state index >= 15 is 0 Å². The smallest absolute Gasteiger partial charge is 0.397 e. The number of nitrogens with zero attached hydrogens (tertiary/aromatic N) is 2. The minimum atomic E-state index is -1.11. The number of aromatic nitrogens is 2. The highest BCUT2D eigenvalue weighted by Gasteiger charge is 2.19. The molecule has 0 saturated heterocycles. The SMILES string of the molecule is COC(=O)c1nc(-c2cccc(F)c2F)no1. The van der Waals surface area contributed by atoms with E-state index in [1.54, 1.807) is 0 Å². The van der Waals surface area contributed by atoms with Crippen LogP contribution in [0.4, 0.5) is 8.78 Å². The van der Waals surface area contributed by atoms with E-state index in [1.165, 1.54) is 12.1 Å². The molecule has 0 aliphatic heterocycles. The molecule has 0 saturated carbocycles. The van der Waals surface area contributed by atoms with E-state index in [0.717, 1.165) is 13.2 Å². The quantitative estimate of drug-likeness (QED) is 0.749. The van der Waals surface area contributed by atoms with Crippen LogP contribution in [0.2, 0.25) is 0 Å². The zero-order chi connectivity index (χ0) is 12.4. The van der Waals surface area contributed by atoms with Crippen molar-refractivity contribution < 1.29 is 22.8 Å². The fourth-order valence-electron chi connectivity index (χ4n) is 1.18. The third-order valence-corrected chi connectivity index (χ3v) is 1.98. The fraction of sp³-hybridized carbons (Fsp3) is 0.100. The van der Waals surface area contributed by atoms with E-state index in [-0.39, 0.29) is 11.4 Å². The molecule has 0 fully saturated rings. The van der Waals surface area contributed by atoms with Crippen molar-refractivity contribution >= 4 is 5.97 Å². The first-order valence-corrected chi connectivity index (χ1v) is 4.50. The largest absolute Gasteiger partial charge is 0.462 e. The van der Waals surface area contributed by atoms with Gasteiger partial charge in [-0.2, -0.15) is 4.98 Å². The van der Waals surface area contributed by atoms with Crippen LogP contribution in [-0.4, -0.2) is 23.2 Å². The van der Waals surface area contributed by atoms with Crippen molar-refractivity contribution in [3.8, 4) is 11.4 Å². The van der Waals surface area contributed by atoms with E-state index in [9.17, 15) is 13.6 Å². The molecule has 0 unspecified atom stereocenters. The van der Waals surface area contributed by atoms with Gasteiger partial charge in [-0.3, -0.25) is 0 Å². The van der Waals surface area contributed by atoms with Crippen molar-refractivity contribution in [2.24, 2.45) is 0 Å². The number of ether oxygens (including phenoxy) is 1. The van der Waals surface area contributed by atoms with Gasteiger partial charge in [-0.15, -0.1) is 0 Å². The predicted octanol–water partition coefficient (Wildman–Crippen LogP) is 1.80. The monoisotopic (exact) mass is 240 g/mol. The Morgan fingerprint density at radius 2 is 2.18 bits per heavy atom. The minimum absolute atomic E-state index is 0.191. The summed E-state index contributed by atoms with van der Waals surface area (Å²) in [7, 11) is 1.13. The minimum Gasteiger partial charge on any atom is -0.462 e. The number of hydrogen-bond acceptors (Lipinski definition) is 5. The van der Waals surface area contributed by atoms with Gasteiger partial charge in [0.2, 0.25) is 5.82 Å². The second-order valence-corrected chi connectivity index (χ2v) is 3.02. The van der Waals surface area contributed by atoms with Gasteiger partial charge in [-0.05, 0) is 12.1 Å². The normalized spacial score (nSPS) is 10.3. The van der Waals surface area contributed by atoms with Crippen molar-refractivity contribution in [1.82, 2.24) is 10.1 Å². The van der Waals surface area contributed by atoms with Crippen LogP contribution in [0, 0.1) is 11.6 Å². The van der Waals surface area contributed by atoms with Crippen molar-refractivity contribution in [2.45, 2.75) is 0 Å². The Kier molecular flexibility index (Phi) is 2.82. The van der Waals surface area contributed by atoms with Gasteiger partial charge in [0.05, 0.1) is 12.7 Å². The first-order chi connectivity index (χ1) is 8.13. The summed E-state index contributed by atoms with van der Waals surface area (Å²) in [5.41, 5.74) is -0.191. The first-order valence-electron chi connectivity index (χ1n) is 4.50. The van der Waals surface area contributed by atoms with Gasteiger partial charge in [-0.25, -0.2) is 13.6 Å². The molecule has 17 heavy (non-hydrogen) atoms. The third kappa shape index (κ3) is 1.99. The lowest BCUT2D eigenvalue weighted by atomic mass is 10.2. The van der Waals surface area contributed by atoms with Crippen LogP contribution in [0.25, 0.3) is 11.4 Å². The average Bonchev–Trinajstić information content (AvgIpc) is 2.81. The maximum absolute atomic E-state index is 13.4. The van der Waals surface area contributed by atoms with Crippen LogP contribution >= 0.6 is 0 Å². The Morgan fingerprint density at radius 3 is 2.88 bits per heavy atom. The lowest BCUT2D eigenvalue weighted by molar-refractivity contribution is 0.0545. The van der Waals surface area contributed by atoms with Gasteiger partial charge in [0, 0.05) is 0 Å². The van der Waals surface area contributed by atoms with Crippen LogP contribution in [0.5, 0.6) is 0 Å². The average molecular weight is 240 g/mol. The van der Waals surface area contributed by atoms with Gasteiger partial charge in [0.15, 0.2) is 11.6 Å². The zero-order valence-electron chi connectivity index (χ0n) is 8.61. The Hall–Kier alpha value is -2.31. The first kappa shape index (κ1) is 11.2. The molecule has 2 aromatic rings. The number of carbonyl (C=O) groups is 1. The summed E-state index contributed by atoms with van der Waals surface area (Å²) in [6.07, 6.45) is 0. The highest BCUT2D eigenvalue weighted by atomic mass is 19.2. The number of rotatable bonds is 2. The Bertz CT molecular complexity index is 568. The van der Waals surface area contributed by atoms with Crippen LogP contribution < -0.4 is 0 Å². The molecule has 2 rings (SSSR count). The second-order valence-electron chi connectivity index (χ2n) is 3.02. The van der Waals surface area contributed by atoms with Gasteiger partial charge in [0.1, 0.15) is 0 Å². The second kappa shape index (κ2) is 4.28. The molecular weight excluding hydrogens is 234 g/mol. The number of hydrogen-bond donors (Lipinski definition) is 0. The maximum Gasteiger partial charge on any atom is 0.397 e. The summed E-state index contributed by atoms with van der Waals surface area (Å²) in [6.45, 7) is 0. The molecule has 1 aromatic heterocycles. The fourth-order valence-corrected chi connectivity index (χ4v) is 1.18. The highest BCUT2D eigenvalue weighted by molar-refractivity contribution is 5.84. The van der Waals surface area contributed by atoms with Crippen LogP contribution in [0.15, 0.2) is 22.7 Å². The molecule has 0 bridgehead atoms. The molecule has 0 aliphatic carbocycles. The van der Waals surface area contributed by atoms with Crippen LogP contribution in [-0.2, 0) is 4.74 Å². The molecule has 7 heteroatoms. The number of halogens is 2. The molecule has 0 aliphatic rings. The Labute approximate surface area is 94.0 Å². The third-order valence-electron chi connectivity index (χ3n) is 1.98. The van der Waals surface area contributed by atoms with Gasteiger partial charge in [-0.1, -0.05) is 11.2 Å². The van der Waals surface area contributed by atoms with Crippen molar-refractivity contribution in [2.75, 3.05) is 7.11 Å². The van der Waals surface area contributed by atoms with Crippen LogP contribution in [0.1, 0.15) is 10.7 Å². The molecule has 1 aromatic carbocycles. The van der Waals surface area contributed by atoms with Crippen molar-refractivity contribution in [1.29, 1.82) is 0 Å². The van der Waals surface area contributed by atoms with Gasteiger partial charge < -0.3 is 9.26 Å². The summed E-state index contributed by atoms with van der Waals surface area (Å²) in [4.78, 5) is 14.6. The van der Waals surface area contributed by atoms with E-state index < -0.39 is 23.5 Å². The molecule has 5 nitrogen and oxygen atoms in total. The van der Waals surface area contributed by atoms with E-state index in [0.29, 0.717) is 0 Å². The summed E-state index contributed by atoms with van der Waals surface area (Å²) >= 11 is 0. The summed E-state index contributed by atoms with van der Waals surface area (Å²) in [5.74, 6) is -3.63. The molecule has 0 amide bonds. The van der Waals surface area contributed by atoms with Gasteiger partial charge in [0.25, 0.3) is 0 Å². The molecule has 0 spiro atoms. The highest BCUT2D eigenvalue weighted by Crippen LogP contribution is 2.21. The molecule has 0 radical (unpaired) electrons. The van der Waals surface area contributed by atoms with Crippen molar-refractivity contribution in [3.63, 3.8) is 0 Å². The Morgan fingerprint density at radius 1 is 1.41 bits per heavy atom. The molecular formula is C10H6F2N2O3. The van der Waals surface area contributed by atoms with Crippen LogP contribution in [0.3, 0.4) is 0 Å². The molecule has 1 heterocycles. The van der Waals surface area contributed by atoms with Gasteiger partial charge >= 0.3 is 11.9 Å². The van der Waals surface area contributed by atoms with E-state index in [1.807, 2.05) is 0 Å². The molecule has 88 valence electrons.